The van der Waals surface area contributed by atoms with Crippen LogP contribution in [0.25, 0.3) is 0 Å². The average molecular weight is 282 g/mol. The van der Waals surface area contributed by atoms with Crippen molar-refractivity contribution in [3.8, 4) is 0 Å². The van der Waals surface area contributed by atoms with Gasteiger partial charge in [0.25, 0.3) is 0 Å². The van der Waals surface area contributed by atoms with E-state index in [2.05, 4.69) is 52.4 Å². The van der Waals surface area contributed by atoms with Crippen LogP contribution in [-0.4, -0.2) is 13.1 Å². The lowest BCUT2D eigenvalue weighted by atomic mass is 9.71. The molecule has 0 unspecified atom stereocenters. The molecule has 0 radical (unpaired) electrons. The first-order valence-corrected chi connectivity index (χ1v) is 7.03. The van der Waals surface area contributed by atoms with Crippen molar-refractivity contribution in [3.05, 3.63) is 34.3 Å². The van der Waals surface area contributed by atoms with Gasteiger partial charge in [0.1, 0.15) is 0 Å². The number of hydrogen-bond acceptors (Lipinski definition) is 1. The lowest BCUT2D eigenvalue weighted by molar-refractivity contribution is 0.249. The van der Waals surface area contributed by atoms with Crippen molar-refractivity contribution in [2.24, 2.45) is 0 Å². The molecule has 1 aromatic carbocycles. The minimum atomic E-state index is 0.398. The molecule has 1 aliphatic rings. The molecule has 1 saturated heterocycles. The van der Waals surface area contributed by atoms with Gasteiger partial charge in [-0.1, -0.05) is 60.3 Å². The third-order valence-corrected chi connectivity index (χ3v) is 4.32. The fourth-order valence-electron chi connectivity index (χ4n) is 2.53. The molecule has 0 amide bonds. The molecule has 0 atom stereocenters. The van der Waals surface area contributed by atoms with Crippen molar-refractivity contribution in [2.75, 3.05) is 13.1 Å². The van der Waals surface area contributed by atoms with Crippen LogP contribution in [0.5, 0.6) is 0 Å². The normalized spacial score (nSPS) is 18.1. The van der Waals surface area contributed by atoms with Gasteiger partial charge in [0, 0.05) is 23.0 Å². The fraction of sp³-hybridized carbons (Fsp3) is 0.571. The molecule has 0 aliphatic carbocycles. The van der Waals surface area contributed by atoms with Crippen LogP contribution in [-0.2, 0) is 5.41 Å². The van der Waals surface area contributed by atoms with E-state index in [0.717, 1.165) is 13.1 Å². The molecule has 16 heavy (non-hydrogen) atoms. The summed E-state index contributed by atoms with van der Waals surface area (Å²) in [6, 6.07) is 8.69. The first kappa shape index (κ1) is 12.1. The van der Waals surface area contributed by atoms with Gasteiger partial charge >= 0.3 is 0 Å². The topological polar surface area (TPSA) is 12.0 Å². The lowest BCUT2D eigenvalue weighted by Gasteiger charge is -2.44. The van der Waals surface area contributed by atoms with E-state index in [9.17, 15) is 0 Å². The maximum absolute atomic E-state index is 3.69. The highest BCUT2D eigenvalue weighted by atomic mass is 79.9. The summed E-state index contributed by atoms with van der Waals surface area (Å²) in [5.41, 5.74) is 1.89. The van der Waals surface area contributed by atoms with Gasteiger partial charge in [-0.05, 0) is 18.1 Å². The number of unbranched alkanes of at least 4 members (excludes halogenated alkanes) is 2. The van der Waals surface area contributed by atoms with Crippen molar-refractivity contribution in [1.82, 2.24) is 5.32 Å². The van der Waals surface area contributed by atoms with Crippen LogP contribution in [0.4, 0.5) is 0 Å². The molecule has 88 valence electrons. The Morgan fingerprint density at radius 1 is 1.25 bits per heavy atom. The Balaban J connectivity index is 2.12. The predicted octanol–water partition coefficient (Wildman–Crippen LogP) is 3.87. The van der Waals surface area contributed by atoms with E-state index in [0.29, 0.717) is 5.41 Å². The number of halogens is 1. The zero-order valence-electron chi connectivity index (χ0n) is 9.93. The average Bonchev–Trinajstić information content (AvgIpc) is 2.24. The highest BCUT2D eigenvalue weighted by molar-refractivity contribution is 9.10. The number of nitrogens with one attached hydrogen (secondary N) is 1. The molecular formula is C14H20BrN. The van der Waals surface area contributed by atoms with Crippen LogP contribution in [0.3, 0.4) is 0 Å². The van der Waals surface area contributed by atoms with Crippen molar-refractivity contribution in [1.29, 1.82) is 0 Å². The van der Waals surface area contributed by atoms with Crippen LogP contribution < -0.4 is 5.32 Å². The molecule has 0 aromatic heterocycles. The van der Waals surface area contributed by atoms with Gasteiger partial charge in [0.15, 0.2) is 0 Å². The monoisotopic (exact) mass is 281 g/mol. The quantitative estimate of drug-likeness (QED) is 0.808. The summed E-state index contributed by atoms with van der Waals surface area (Å²) >= 11 is 3.69. The third kappa shape index (κ3) is 2.33. The second-order valence-corrected chi connectivity index (χ2v) is 5.68. The Labute approximate surface area is 107 Å². The summed E-state index contributed by atoms with van der Waals surface area (Å²) in [6.07, 6.45) is 5.32. The van der Waals surface area contributed by atoms with Crippen molar-refractivity contribution in [2.45, 2.75) is 38.0 Å². The van der Waals surface area contributed by atoms with Crippen LogP contribution in [0, 0.1) is 0 Å². The van der Waals surface area contributed by atoms with E-state index < -0.39 is 0 Å². The van der Waals surface area contributed by atoms with Gasteiger partial charge in [-0.2, -0.15) is 0 Å². The second-order valence-electron chi connectivity index (χ2n) is 4.82. The summed E-state index contributed by atoms with van der Waals surface area (Å²) in [5, 5.41) is 3.43. The van der Waals surface area contributed by atoms with E-state index in [1.54, 1.807) is 0 Å². The maximum Gasteiger partial charge on any atom is 0.0213 e. The largest absolute Gasteiger partial charge is 0.315 e. The van der Waals surface area contributed by atoms with Crippen LogP contribution >= 0.6 is 15.9 Å². The molecule has 1 fully saturated rings. The van der Waals surface area contributed by atoms with E-state index >= 15 is 0 Å². The minimum absolute atomic E-state index is 0.398. The van der Waals surface area contributed by atoms with Gasteiger partial charge in [-0.3, -0.25) is 0 Å². The SMILES string of the molecule is CCCCCC1(c2ccccc2Br)CNC1. The fourth-order valence-corrected chi connectivity index (χ4v) is 3.24. The van der Waals surface area contributed by atoms with Crippen LogP contribution in [0.15, 0.2) is 28.7 Å². The van der Waals surface area contributed by atoms with Crippen LogP contribution in [0.2, 0.25) is 0 Å². The Morgan fingerprint density at radius 2 is 2.00 bits per heavy atom. The van der Waals surface area contributed by atoms with Gasteiger partial charge in [-0.15, -0.1) is 0 Å². The molecule has 1 heterocycles. The van der Waals surface area contributed by atoms with Crippen molar-refractivity contribution in [3.63, 3.8) is 0 Å². The summed E-state index contributed by atoms with van der Waals surface area (Å²) in [7, 11) is 0. The van der Waals surface area contributed by atoms with Crippen LogP contribution in [0.1, 0.15) is 38.2 Å². The molecule has 1 nitrogen and oxygen atoms in total. The Kier molecular flexibility index (Phi) is 4.04. The van der Waals surface area contributed by atoms with Gasteiger partial charge in [-0.25, -0.2) is 0 Å². The maximum atomic E-state index is 3.69. The molecule has 0 saturated carbocycles. The number of benzene rings is 1. The highest BCUT2D eigenvalue weighted by Crippen LogP contribution is 2.37. The standard InChI is InChI=1S/C14H20BrN/c1-2-3-6-9-14(10-16-11-14)12-7-4-5-8-13(12)15/h4-5,7-8,16H,2-3,6,9-11H2,1H3. The molecule has 1 N–H and O–H groups in total. The summed E-state index contributed by atoms with van der Waals surface area (Å²) in [6.45, 7) is 4.54. The molecule has 0 bridgehead atoms. The molecule has 1 aromatic rings. The predicted molar refractivity (Wildman–Crippen MR) is 72.8 cm³/mol. The van der Waals surface area contributed by atoms with E-state index in [4.69, 9.17) is 0 Å². The molecular weight excluding hydrogens is 262 g/mol. The molecule has 2 rings (SSSR count). The van der Waals surface area contributed by atoms with Gasteiger partial charge < -0.3 is 5.32 Å². The summed E-state index contributed by atoms with van der Waals surface area (Å²) < 4.78 is 1.27. The third-order valence-electron chi connectivity index (χ3n) is 3.63. The number of rotatable bonds is 5. The first-order chi connectivity index (χ1) is 7.78. The smallest absolute Gasteiger partial charge is 0.0213 e. The molecule has 2 heteroatoms. The highest BCUT2D eigenvalue weighted by Gasteiger charge is 2.38. The molecule has 0 spiro atoms. The zero-order valence-corrected chi connectivity index (χ0v) is 11.5. The van der Waals surface area contributed by atoms with Crippen molar-refractivity contribution < 1.29 is 0 Å². The second kappa shape index (κ2) is 5.33. The zero-order chi connectivity index (χ0) is 11.4. The summed E-state index contributed by atoms with van der Waals surface area (Å²) in [5.74, 6) is 0. The van der Waals surface area contributed by atoms with E-state index in [1.807, 2.05) is 0 Å². The first-order valence-electron chi connectivity index (χ1n) is 6.24. The van der Waals surface area contributed by atoms with E-state index in [-0.39, 0.29) is 0 Å². The Morgan fingerprint density at radius 3 is 2.56 bits per heavy atom. The number of hydrogen-bond donors (Lipinski definition) is 1. The Bertz CT molecular complexity index is 344. The van der Waals surface area contributed by atoms with Gasteiger partial charge in [0.05, 0.1) is 0 Å². The molecule has 1 aliphatic heterocycles. The Hall–Kier alpha value is -0.340. The lowest BCUT2D eigenvalue weighted by Crippen LogP contribution is -2.56. The van der Waals surface area contributed by atoms with E-state index in [1.165, 1.54) is 35.7 Å². The van der Waals surface area contributed by atoms with Crippen molar-refractivity contribution >= 4 is 15.9 Å². The van der Waals surface area contributed by atoms with Gasteiger partial charge in [0.2, 0.25) is 0 Å². The summed E-state index contributed by atoms with van der Waals surface area (Å²) in [4.78, 5) is 0. The minimum Gasteiger partial charge on any atom is -0.315 e.